The molecule has 0 bridgehead atoms. The van der Waals surface area contributed by atoms with Gasteiger partial charge in [0, 0.05) is 32.4 Å². The third-order valence-corrected chi connectivity index (χ3v) is 4.38. The molecule has 8 nitrogen and oxygen atoms in total. The molecule has 1 amide bonds. The lowest BCUT2D eigenvalue weighted by molar-refractivity contribution is -0.132. The molecule has 0 atom stereocenters. The van der Waals surface area contributed by atoms with E-state index < -0.39 is 17.2 Å². The minimum absolute atomic E-state index is 0.166. The van der Waals surface area contributed by atoms with Crippen LogP contribution < -0.4 is 11.2 Å². The van der Waals surface area contributed by atoms with Gasteiger partial charge in [-0.15, -0.1) is 0 Å². The molecule has 0 fully saturated rings. The van der Waals surface area contributed by atoms with Crippen LogP contribution in [0.15, 0.2) is 40.1 Å². The Balaban J connectivity index is 1.80. The molecule has 2 aromatic rings. The van der Waals surface area contributed by atoms with Gasteiger partial charge in [0.1, 0.15) is 6.54 Å². The number of nitrogens with zero attached hydrogens (tertiary/aromatic N) is 3. The summed E-state index contributed by atoms with van der Waals surface area (Å²) in [6, 6.07) is 6.15. The van der Waals surface area contributed by atoms with Crippen molar-refractivity contribution in [3.8, 4) is 0 Å². The monoisotopic (exact) mass is 343 g/mol. The second-order valence-electron chi connectivity index (χ2n) is 5.98. The van der Waals surface area contributed by atoms with E-state index in [0.717, 1.165) is 15.7 Å². The Morgan fingerprint density at radius 2 is 1.92 bits per heavy atom. The van der Waals surface area contributed by atoms with Gasteiger partial charge in [-0.3, -0.25) is 18.7 Å². The number of hydrogen-bond donors (Lipinski definition) is 1. The van der Waals surface area contributed by atoms with Crippen molar-refractivity contribution in [1.82, 2.24) is 14.0 Å². The van der Waals surface area contributed by atoms with Gasteiger partial charge >= 0.3 is 11.7 Å². The Morgan fingerprint density at radius 3 is 2.64 bits per heavy atom. The minimum atomic E-state index is -1.01. The molecule has 25 heavy (non-hydrogen) atoms. The van der Waals surface area contributed by atoms with E-state index in [1.165, 1.54) is 23.9 Å². The fourth-order valence-corrected chi connectivity index (χ4v) is 2.89. The molecule has 3 rings (SSSR count). The Kier molecular flexibility index (Phi) is 4.26. The molecule has 0 saturated carbocycles. The molecule has 1 aliphatic heterocycles. The van der Waals surface area contributed by atoms with E-state index in [9.17, 15) is 19.2 Å². The lowest BCUT2D eigenvalue weighted by atomic mass is 9.97. The highest BCUT2D eigenvalue weighted by atomic mass is 16.4. The first-order chi connectivity index (χ1) is 11.9. The summed E-state index contributed by atoms with van der Waals surface area (Å²) in [7, 11) is 1.36. The van der Waals surface area contributed by atoms with E-state index in [-0.39, 0.29) is 18.0 Å². The molecule has 0 saturated heterocycles. The van der Waals surface area contributed by atoms with Gasteiger partial charge < -0.3 is 10.0 Å². The zero-order valence-corrected chi connectivity index (χ0v) is 13.6. The number of benzene rings is 1. The number of carbonyl (C=O) groups excluding carboxylic acids is 1. The number of fused-ring (bicyclic) bond motifs is 1. The van der Waals surface area contributed by atoms with Crippen LogP contribution in [-0.4, -0.2) is 37.6 Å². The zero-order chi connectivity index (χ0) is 18.1. The normalized spacial score (nSPS) is 13.4. The molecule has 1 N–H and O–H groups in total. The van der Waals surface area contributed by atoms with Crippen LogP contribution in [-0.2, 0) is 31.4 Å². The Morgan fingerprint density at radius 1 is 1.16 bits per heavy atom. The molecule has 1 aromatic carbocycles. The first kappa shape index (κ1) is 16.7. The Labute approximate surface area is 142 Å². The quantitative estimate of drug-likeness (QED) is 0.834. The summed E-state index contributed by atoms with van der Waals surface area (Å²) in [6.07, 6.45) is 1.94. The smallest absolute Gasteiger partial charge is 0.335 e. The maximum absolute atomic E-state index is 12.5. The van der Waals surface area contributed by atoms with Crippen LogP contribution in [0, 0.1) is 0 Å². The van der Waals surface area contributed by atoms with Crippen molar-refractivity contribution in [3.63, 3.8) is 0 Å². The highest BCUT2D eigenvalue weighted by molar-refractivity contribution is 5.88. The van der Waals surface area contributed by atoms with Gasteiger partial charge in [-0.25, -0.2) is 9.59 Å². The summed E-state index contributed by atoms with van der Waals surface area (Å²) < 4.78 is 2.13. The molecule has 8 heteroatoms. The van der Waals surface area contributed by atoms with Crippen LogP contribution in [0.25, 0.3) is 0 Å². The molecular formula is C17H17N3O5. The number of carboxylic acids is 1. The van der Waals surface area contributed by atoms with E-state index in [1.54, 1.807) is 23.1 Å². The lowest BCUT2D eigenvalue weighted by Gasteiger charge is -2.29. The van der Waals surface area contributed by atoms with Crippen LogP contribution in [0.1, 0.15) is 21.5 Å². The summed E-state index contributed by atoms with van der Waals surface area (Å²) in [6.45, 7) is 0.634. The second kappa shape index (κ2) is 6.39. The summed E-state index contributed by atoms with van der Waals surface area (Å²) in [5, 5.41) is 9.09. The van der Waals surface area contributed by atoms with Crippen LogP contribution in [0.4, 0.5) is 0 Å². The van der Waals surface area contributed by atoms with E-state index in [0.29, 0.717) is 19.5 Å². The number of aromatic carboxylic acids is 1. The molecule has 0 radical (unpaired) electrons. The zero-order valence-electron chi connectivity index (χ0n) is 13.6. The van der Waals surface area contributed by atoms with Crippen molar-refractivity contribution in [2.45, 2.75) is 19.5 Å². The Bertz CT molecular complexity index is 973. The minimum Gasteiger partial charge on any atom is -0.478 e. The predicted octanol–water partition coefficient (Wildman–Crippen LogP) is -0.170. The average molecular weight is 343 g/mol. The van der Waals surface area contributed by atoms with E-state index >= 15 is 0 Å². The van der Waals surface area contributed by atoms with Gasteiger partial charge in [-0.2, -0.15) is 0 Å². The van der Waals surface area contributed by atoms with Crippen LogP contribution in [0.3, 0.4) is 0 Å². The molecule has 130 valence electrons. The number of aromatic nitrogens is 2. The standard InChI is InChI=1S/C17H17N3O5/c1-18-14(21)5-7-20(17(18)25)10-15(22)19-6-4-11-2-3-12(16(23)24)8-13(11)9-19/h2-3,5,7-8H,4,6,9-10H2,1H3,(H,23,24). The summed E-state index contributed by atoms with van der Waals surface area (Å²) in [5.74, 6) is -1.27. The van der Waals surface area contributed by atoms with Crippen molar-refractivity contribution in [3.05, 3.63) is 68.0 Å². The molecule has 0 unspecified atom stereocenters. The maximum Gasteiger partial charge on any atom is 0.335 e. The van der Waals surface area contributed by atoms with Gasteiger partial charge in [-0.05, 0) is 29.7 Å². The van der Waals surface area contributed by atoms with Gasteiger partial charge in [0.2, 0.25) is 5.91 Å². The fraction of sp³-hybridized carbons (Fsp3) is 0.294. The third kappa shape index (κ3) is 3.23. The predicted molar refractivity (Wildman–Crippen MR) is 88.5 cm³/mol. The van der Waals surface area contributed by atoms with Crippen LogP contribution >= 0.6 is 0 Å². The number of rotatable bonds is 3. The van der Waals surface area contributed by atoms with Crippen molar-refractivity contribution in [2.75, 3.05) is 6.54 Å². The van der Waals surface area contributed by atoms with E-state index in [4.69, 9.17) is 5.11 Å². The van der Waals surface area contributed by atoms with Crippen molar-refractivity contribution < 1.29 is 14.7 Å². The first-order valence-corrected chi connectivity index (χ1v) is 7.76. The number of amides is 1. The number of carbonyl (C=O) groups is 2. The van der Waals surface area contributed by atoms with E-state index in [1.807, 2.05) is 0 Å². The Hall–Kier alpha value is -3.16. The molecule has 0 aliphatic carbocycles. The molecule has 1 aromatic heterocycles. The topological polar surface area (TPSA) is 102 Å². The molecule has 0 spiro atoms. The SMILES string of the molecule is Cn1c(=O)ccn(CC(=O)N2CCc3ccc(C(=O)O)cc3C2)c1=O. The summed E-state index contributed by atoms with van der Waals surface area (Å²) >= 11 is 0. The van der Waals surface area contributed by atoms with Gasteiger partial charge in [0.05, 0.1) is 5.56 Å². The summed E-state index contributed by atoms with van der Waals surface area (Å²) in [5.41, 5.74) is 1.02. The molecule has 2 heterocycles. The highest BCUT2D eigenvalue weighted by Gasteiger charge is 2.22. The fourth-order valence-electron chi connectivity index (χ4n) is 2.89. The lowest BCUT2D eigenvalue weighted by Crippen LogP contribution is -2.43. The van der Waals surface area contributed by atoms with Crippen LogP contribution in [0.5, 0.6) is 0 Å². The van der Waals surface area contributed by atoms with Crippen molar-refractivity contribution in [1.29, 1.82) is 0 Å². The summed E-state index contributed by atoms with van der Waals surface area (Å²) in [4.78, 5) is 48.6. The largest absolute Gasteiger partial charge is 0.478 e. The number of carboxylic acid groups (broad SMARTS) is 1. The average Bonchev–Trinajstić information content (AvgIpc) is 2.61. The van der Waals surface area contributed by atoms with E-state index in [2.05, 4.69) is 0 Å². The van der Waals surface area contributed by atoms with Gasteiger partial charge in [0.15, 0.2) is 0 Å². The molecular weight excluding hydrogens is 326 g/mol. The highest BCUT2D eigenvalue weighted by Crippen LogP contribution is 2.20. The van der Waals surface area contributed by atoms with Crippen molar-refractivity contribution >= 4 is 11.9 Å². The third-order valence-electron chi connectivity index (χ3n) is 4.38. The maximum atomic E-state index is 12.5. The second-order valence-corrected chi connectivity index (χ2v) is 5.98. The first-order valence-electron chi connectivity index (χ1n) is 7.76. The van der Waals surface area contributed by atoms with Gasteiger partial charge in [-0.1, -0.05) is 6.07 Å². The number of hydrogen-bond acceptors (Lipinski definition) is 4. The van der Waals surface area contributed by atoms with Gasteiger partial charge in [0.25, 0.3) is 5.56 Å². The molecule has 1 aliphatic rings. The van der Waals surface area contributed by atoms with Crippen molar-refractivity contribution in [2.24, 2.45) is 7.05 Å². The van der Waals surface area contributed by atoms with Crippen LogP contribution in [0.2, 0.25) is 0 Å².